The number of nitrogens with one attached hydrogen (secondary N) is 1. The van der Waals surface area contributed by atoms with Gasteiger partial charge in [0, 0.05) is 39.2 Å². The molecule has 3 aliphatic heterocycles. The first kappa shape index (κ1) is 28.1. The number of hydrogen-bond donors (Lipinski definition) is 1. The molecule has 2 bridgehead atoms. The van der Waals surface area contributed by atoms with Crippen molar-refractivity contribution in [3.05, 3.63) is 41.3 Å². The van der Waals surface area contributed by atoms with Crippen LogP contribution in [0, 0.1) is 0 Å². The second kappa shape index (κ2) is 11.8. The first-order chi connectivity index (χ1) is 20.9. The summed E-state index contributed by atoms with van der Waals surface area (Å²) in [6.45, 7) is 6.21. The summed E-state index contributed by atoms with van der Waals surface area (Å²) in [5, 5.41) is 19.1. The summed E-state index contributed by atoms with van der Waals surface area (Å²) in [4.78, 5) is 2.27. The quantitative estimate of drug-likeness (QED) is 0.378. The normalized spacial score (nSPS) is 22.9. The Morgan fingerprint density at radius 3 is 2.67 bits per heavy atom. The summed E-state index contributed by atoms with van der Waals surface area (Å²) in [7, 11) is 6.05. The van der Waals surface area contributed by atoms with E-state index in [-0.39, 0.29) is 18.4 Å². The number of benzene rings is 1. The molecule has 0 saturated carbocycles. The fourth-order valence-corrected chi connectivity index (χ4v) is 6.57. The molecule has 2 atom stereocenters. The molecule has 11 nitrogen and oxygen atoms in total. The first-order valence-electron chi connectivity index (χ1n) is 15.6. The molecule has 2 saturated heterocycles. The Hall–Kier alpha value is -3.67. The molecular formula is C32H42N8O3. The van der Waals surface area contributed by atoms with Gasteiger partial charge in [-0.1, -0.05) is 6.07 Å². The van der Waals surface area contributed by atoms with E-state index in [2.05, 4.69) is 64.3 Å². The van der Waals surface area contributed by atoms with E-state index in [4.69, 9.17) is 24.4 Å². The van der Waals surface area contributed by atoms with Crippen molar-refractivity contribution in [3.63, 3.8) is 0 Å². The number of aryl methyl sites for hydroxylation is 2. The van der Waals surface area contributed by atoms with Crippen LogP contribution in [0.4, 0.5) is 0 Å². The van der Waals surface area contributed by atoms with Gasteiger partial charge in [-0.25, -0.2) is 9.36 Å². The Bertz CT molecular complexity index is 1620. The lowest BCUT2D eigenvalue weighted by Crippen LogP contribution is -2.34. The van der Waals surface area contributed by atoms with Gasteiger partial charge in [0.15, 0.2) is 6.23 Å². The summed E-state index contributed by atoms with van der Waals surface area (Å²) in [6.07, 6.45) is 11.3. The van der Waals surface area contributed by atoms with Crippen molar-refractivity contribution in [1.29, 1.82) is 0 Å². The van der Waals surface area contributed by atoms with E-state index in [1.807, 2.05) is 29.7 Å². The van der Waals surface area contributed by atoms with E-state index >= 15 is 0 Å². The van der Waals surface area contributed by atoms with Gasteiger partial charge in [0.25, 0.3) is 0 Å². The standard InChI is InChI=1S/C32H42N8O3/c1-21-19-37(2)20-29-24(31(36-38(29)3)43-23-12-14-33-15-13-23)9-10-27-25-17-22(26-18-34-39(4)32(26)42-21)8-11-28(25)40(35-27)30-7-5-6-16-41-30/h8-11,17-18,21,23,30,33H,5-7,12-16,19-20H2,1-4H3/b10-9+/t21-,30?/m0/s1. The predicted octanol–water partition coefficient (Wildman–Crippen LogP) is 4.38. The lowest BCUT2D eigenvalue weighted by Gasteiger charge is -2.24. The Morgan fingerprint density at radius 1 is 1.00 bits per heavy atom. The van der Waals surface area contributed by atoms with Crippen LogP contribution in [0.15, 0.2) is 24.4 Å². The lowest BCUT2D eigenvalue weighted by molar-refractivity contribution is -0.0367. The summed E-state index contributed by atoms with van der Waals surface area (Å²) in [5.74, 6) is 1.44. The molecule has 11 heteroatoms. The van der Waals surface area contributed by atoms with Gasteiger partial charge < -0.3 is 19.5 Å². The van der Waals surface area contributed by atoms with E-state index in [0.29, 0.717) is 12.4 Å². The number of fused-ring (bicyclic) bond motifs is 4. The van der Waals surface area contributed by atoms with Gasteiger partial charge in [0.2, 0.25) is 11.8 Å². The monoisotopic (exact) mass is 586 g/mol. The van der Waals surface area contributed by atoms with Gasteiger partial charge in [-0.3, -0.25) is 9.58 Å². The van der Waals surface area contributed by atoms with Crippen LogP contribution < -0.4 is 14.8 Å². The van der Waals surface area contributed by atoms with E-state index in [0.717, 1.165) is 103 Å². The van der Waals surface area contributed by atoms with Crippen LogP contribution >= 0.6 is 0 Å². The molecule has 1 N–H and O–H groups in total. The molecule has 0 spiro atoms. The van der Waals surface area contributed by atoms with Crippen molar-refractivity contribution in [2.75, 3.05) is 33.3 Å². The molecule has 0 radical (unpaired) electrons. The third-order valence-electron chi connectivity index (χ3n) is 8.80. The van der Waals surface area contributed by atoms with E-state index in [9.17, 15) is 0 Å². The molecular weight excluding hydrogens is 544 g/mol. The zero-order chi connectivity index (χ0) is 29.5. The predicted molar refractivity (Wildman–Crippen MR) is 166 cm³/mol. The Kier molecular flexibility index (Phi) is 7.71. The third kappa shape index (κ3) is 5.57. The molecule has 1 aromatic carbocycles. The Labute approximate surface area is 252 Å². The minimum Gasteiger partial charge on any atom is -0.473 e. The summed E-state index contributed by atoms with van der Waals surface area (Å²) in [6, 6.07) is 6.50. The van der Waals surface area contributed by atoms with E-state index < -0.39 is 0 Å². The fourth-order valence-electron chi connectivity index (χ4n) is 6.57. The van der Waals surface area contributed by atoms with Crippen LogP contribution in [0.1, 0.15) is 62.2 Å². The molecule has 7 rings (SSSR count). The maximum Gasteiger partial charge on any atom is 0.240 e. The second-order valence-electron chi connectivity index (χ2n) is 12.2. The van der Waals surface area contributed by atoms with Gasteiger partial charge >= 0.3 is 0 Å². The average molecular weight is 587 g/mol. The van der Waals surface area contributed by atoms with E-state index in [1.165, 1.54) is 0 Å². The summed E-state index contributed by atoms with van der Waals surface area (Å²) in [5.41, 5.74) is 6.04. The van der Waals surface area contributed by atoms with Crippen LogP contribution in [-0.4, -0.2) is 79.7 Å². The molecule has 228 valence electrons. The zero-order valence-corrected chi connectivity index (χ0v) is 25.6. The van der Waals surface area contributed by atoms with Crippen LogP contribution in [-0.2, 0) is 25.4 Å². The summed E-state index contributed by atoms with van der Waals surface area (Å²) >= 11 is 0. The second-order valence-corrected chi connectivity index (χ2v) is 12.2. The van der Waals surface area contributed by atoms with Crippen molar-refractivity contribution in [2.24, 2.45) is 14.1 Å². The Balaban J connectivity index is 1.38. The smallest absolute Gasteiger partial charge is 0.240 e. The molecule has 3 aromatic heterocycles. The highest BCUT2D eigenvalue weighted by atomic mass is 16.5. The molecule has 3 aliphatic rings. The van der Waals surface area contributed by atoms with Crippen molar-refractivity contribution in [3.8, 4) is 22.9 Å². The number of rotatable bonds is 3. The maximum absolute atomic E-state index is 6.56. The highest BCUT2D eigenvalue weighted by molar-refractivity contribution is 5.93. The SMILES string of the molecule is C[C@H]1CN(C)Cc2c(c(OC3CCNCC3)nn2C)/C=C/c2nn(C3CCCCO3)c3ccc(cc23)-c2cnn(C)c2O1. The van der Waals surface area contributed by atoms with Crippen LogP contribution in [0.25, 0.3) is 34.2 Å². The molecule has 2 fully saturated rings. The molecule has 0 aliphatic carbocycles. The maximum atomic E-state index is 6.56. The molecule has 43 heavy (non-hydrogen) atoms. The highest BCUT2D eigenvalue weighted by Gasteiger charge is 2.25. The summed E-state index contributed by atoms with van der Waals surface area (Å²) < 4.78 is 25.1. The third-order valence-corrected chi connectivity index (χ3v) is 8.80. The topological polar surface area (TPSA) is 96.4 Å². The van der Waals surface area contributed by atoms with Crippen LogP contribution in [0.2, 0.25) is 0 Å². The van der Waals surface area contributed by atoms with Crippen LogP contribution in [0.3, 0.4) is 0 Å². The minimum atomic E-state index is -0.0746. The fraction of sp³-hybridized carbons (Fsp3) is 0.531. The minimum absolute atomic E-state index is 0.0625. The number of likely N-dealkylation sites (N-methyl/N-ethyl adjacent to an activating group) is 1. The lowest BCUT2D eigenvalue weighted by atomic mass is 10.0. The zero-order valence-electron chi connectivity index (χ0n) is 25.6. The van der Waals surface area contributed by atoms with Gasteiger partial charge in [0.05, 0.1) is 34.2 Å². The van der Waals surface area contributed by atoms with Gasteiger partial charge in [-0.15, -0.1) is 5.10 Å². The number of aromatic nitrogens is 6. The number of ether oxygens (including phenoxy) is 3. The molecule has 4 aromatic rings. The van der Waals surface area contributed by atoms with E-state index in [1.54, 1.807) is 0 Å². The van der Waals surface area contributed by atoms with Gasteiger partial charge in [-0.2, -0.15) is 10.2 Å². The molecule has 0 amide bonds. The van der Waals surface area contributed by atoms with Crippen molar-refractivity contribution >= 4 is 23.1 Å². The van der Waals surface area contributed by atoms with Gasteiger partial charge in [-0.05, 0) is 89.0 Å². The average Bonchev–Trinajstić information content (AvgIpc) is 3.65. The first-order valence-corrected chi connectivity index (χ1v) is 15.6. The highest BCUT2D eigenvalue weighted by Crippen LogP contribution is 2.36. The van der Waals surface area contributed by atoms with Crippen molar-refractivity contribution in [2.45, 2.75) is 64.0 Å². The molecule has 6 heterocycles. The van der Waals surface area contributed by atoms with Crippen LogP contribution in [0.5, 0.6) is 11.8 Å². The Morgan fingerprint density at radius 2 is 1.86 bits per heavy atom. The van der Waals surface area contributed by atoms with Crippen molar-refractivity contribution in [1.82, 2.24) is 39.6 Å². The number of hydrogen-bond acceptors (Lipinski definition) is 8. The van der Waals surface area contributed by atoms with Gasteiger partial charge in [0.1, 0.15) is 12.2 Å². The molecule has 1 unspecified atom stereocenters. The largest absolute Gasteiger partial charge is 0.473 e. The number of nitrogens with zero attached hydrogens (tertiary/aromatic N) is 7. The van der Waals surface area contributed by atoms with Crippen molar-refractivity contribution < 1.29 is 14.2 Å². The number of piperidine rings is 1.